The van der Waals surface area contributed by atoms with Gasteiger partial charge in [0.2, 0.25) is 0 Å². The van der Waals surface area contributed by atoms with Crippen molar-refractivity contribution in [3.8, 4) is 0 Å². The van der Waals surface area contributed by atoms with E-state index >= 15 is 0 Å². The summed E-state index contributed by atoms with van der Waals surface area (Å²) >= 11 is 0. The predicted octanol–water partition coefficient (Wildman–Crippen LogP) is 2.46. The normalized spacial score (nSPS) is 11.1. The molecule has 0 unspecified atom stereocenters. The minimum absolute atomic E-state index is 0.467. The number of fused-ring (bicyclic) bond motifs is 1. The molecule has 3 heteroatoms. The molecular weight excluding hydrogens is 174 g/mol. The van der Waals surface area contributed by atoms with Gasteiger partial charge in [0.05, 0.1) is 5.52 Å². The molecule has 0 aliphatic heterocycles. The number of benzene rings is 1. The second kappa shape index (κ2) is 3.33. The first-order valence-corrected chi connectivity index (χ1v) is 4.77. The summed E-state index contributed by atoms with van der Waals surface area (Å²) in [5.74, 6) is 0.467. The first-order valence-electron chi connectivity index (χ1n) is 4.77. The van der Waals surface area contributed by atoms with Gasteiger partial charge < -0.3 is 0 Å². The Kier molecular flexibility index (Phi) is 2.15. The second-order valence-electron chi connectivity index (χ2n) is 3.78. The molecule has 14 heavy (non-hydrogen) atoms. The molecule has 0 aliphatic rings. The third-order valence-corrected chi connectivity index (χ3v) is 2.40. The summed E-state index contributed by atoms with van der Waals surface area (Å²) in [5, 5.41) is 7.92. The van der Waals surface area contributed by atoms with Crippen LogP contribution in [0.2, 0.25) is 0 Å². The van der Waals surface area contributed by atoms with E-state index in [0.29, 0.717) is 5.92 Å². The number of nitrogens with zero attached hydrogens (tertiary/aromatic N) is 3. The van der Waals surface area contributed by atoms with Crippen LogP contribution in [-0.2, 0) is 0 Å². The minimum atomic E-state index is 0.467. The van der Waals surface area contributed by atoms with E-state index in [1.54, 1.807) is 0 Å². The topological polar surface area (TPSA) is 38.7 Å². The Hall–Kier alpha value is -1.51. The molecule has 72 valence electrons. The SMILES string of the molecule is Cc1ccc(C(C)C)c2ncnnc12. The molecule has 2 aromatic rings. The zero-order valence-electron chi connectivity index (χ0n) is 8.65. The zero-order valence-corrected chi connectivity index (χ0v) is 8.65. The molecule has 0 bridgehead atoms. The standard InChI is InChI=1S/C11H13N3/c1-7(2)9-5-4-8(3)10-11(9)12-6-13-14-10/h4-7H,1-3H3. The van der Waals surface area contributed by atoms with Crippen molar-refractivity contribution >= 4 is 11.0 Å². The predicted molar refractivity (Wildman–Crippen MR) is 56.2 cm³/mol. The van der Waals surface area contributed by atoms with Gasteiger partial charge in [-0.15, -0.1) is 10.2 Å². The molecule has 1 aromatic carbocycles. The van der Waals surface area contributed by atoms with Gasteiger partial charge in [0, 0.05) is 0 Å². The molecule has 0 fully saturated rings. The van der Waals surface area contributed by atoms with E-state index in [1.165, 1.54) is 11.9 Å². The summed E-state index contributed by atoms with van der Waals surface area (Å²) in [6.07, 6.45) is 1.51. The second-order valence-corrected chi connectivity index (χ2v) is 3.78. The van der Waals surface area contributed by atoms with Gasteiger partial charge in [0.15, 0.2) is 0 Å². The largest absolute Gasteiger partial charge is 0.232 e. The number of hydrogen-bond acceptors (Lipinski definition) is 3. The lowest BCUT2D eigenvalue weighted by atomic mass is 9.99. The maximum atomic E-state index is 4.29. The molecule has 0 aliphatic carbocycles. The van der Waals surface area contributed by atoms with Crippen LogP contribution in [0.25, 0.3) is 11.0 Å². The Morgan fingerprint density at radius 1 is 1.14 bits per heavy atom. The van der Waals surface area contributed by atoms with Crippen molar-refractivity contribution in [3.05, 3.63) is 29.6 Å². The van der Waals surface area contributed by atoms with E-state index in [-0.39, 0.29) is 0 Å². The van der Waals surface area contributed by atoms with E-state index in [0.717, 1.165) is 16.6 Å². The maximum Gasteiger partial charge on any atom is 0.138 e. The molecular formula is C11H13N3. The fraction of sp³-hybridized carbons (Fsp3) is 0.364. The number of aryl methyl sites for hydroxylation is 1. The highest BCUT2D eigenvalue weighted by atomic mass is 15.1. The van der Waals surface area contributed by atoms with Gasteiger partial charge in [-0.1, -0.05) is 26.0 Å². The number of hydrogen-bond donors (Lipinski definition) is 0. The Morgan fingerprint density at radius 2 is 1.93 bits per heavy atom. The summed E-state index contributed by atoms with van der Waals surface area (Å²) < 4.78 is 0. The number of rotatable bonds is 1. The lowest BCUT2D eigenvalue weighted by Gasteiger charge is -2.08. The van der Waals surface area contributed by atoms with E-state index in [4.69, 9.17) is 0 Å². The van der Waals surface area contributed by atoms with E-state index < -0.39 is 0 Å². The highest BCUT2D eigenvalue weighted by molar-refractivity contribution is 5.80. The van der Waals surface area contributed by atoms with Crippen LogP contribution in [0.5, 0.6) is 0 Å². The highest BCUT2D eigenvalue weighted by Gasteiger charge is 2.08. The summed E-state index contributed by atoms with van der Waals surface area (Å²) in [5.41, 5.74) is 4.26. The minimum Gasteiger partial charge on any atom is -0.232 e. The quantitative estimate of drug-likeness (QED) is 0.688. The smallest absolute Gasteiger partial charge is 0.138 e. The highest BCUT2D eigenvalue weighted by Crippen LogP contribution is 2.23. The molecule has 1 heterocycles. The summed E-state index contributed by atoms with van der Waals surface area (Å²) in [7, 11) is 0. The van der Waals surface area contributed by atoms with Gasteiger partial charge in [-0.3, -0.25) is 0 Å². The molecule has 0 spiro atoms. The average Bonchev–Trinajstić information content (AvgIpc) is 2.18. The third-order valence-electron chi connectivity index (χ3n) is 2.40. The lowest BCUT2D eigenvalue weighted by Crippen LogP contribution is -1.96. The van der Waals surface area contributed by atoms with Gasteiger partial charge in [-0.05, 0) is 24.0 Å². The monoisotopic (exact) mass is 187 g/mol. The first-order chi connectivity index (χ1) is 6.70. The van der Waals surface area contributed by atoms with Crippen LogP contribution in [0.15, 0.2) is 18.5 Å². The molecule has 0 amide bonds. The van der Waals surface area contributed by atoms with E-state index in [2.05, 4.69) is 41.2 Å². The Bertz CT molecular complexity index is 463. The van der Waals surface area contributed by atoms with Crippen molar-refractivity contribution in [2.24, 2.45) is 0 Å². The Morgan fingerprint density at radius 3 is 2.64 bits per heavy atom. The van der Waals surface area contributed by atoms with Gasteiger partial charge in [-0.25, -0.2) is 4.98 Å². The van der Waals surface area contributed by atoms with Crippen molar-refractivity contribution in [1.82, 2.24) is 15.2 Å². The molecule has 0 radical (unpaired) electrons. The van der Waals surface area contributed by atoms with Crippen molar-refractivity contribution in [2.45, 2.75) is 26.7 Å². The zero-order chi connectivity index (χ0) is 10.1. The van der Waals surface area contributed by atoms with Crippen molar-refractivity contribution in [1.29, 1.82) is 0 Å². The van der Waals surface area contributed by atoms with Gasteiger partial charge >= 0.3 is 0 Å². The third kappa shape index (κ3) is 1.35. The first kappa shape index (κ1) is 9.06. The van der Waals surface area contributed by atoms with Crippen LogP contribution in [0.4, 0.5) is 0 Å². The summed E-state index contributed by atoms with van der Waals surface area (Å²) in [4.78, 5) is 4.29. The molecule has 0 N–H and O–H groups in total. The van der Waals surface area contributed by atoms with Crippen molar-refractivity contribution < 1.29 is 0 Å². The average molecular weight is 187 g/mol. The van der Waals surface area contributed by atoms with E-state index in [1.807, 2.05) is 6.92 Å². The van der Waals surface area contributed by atoms with Gasteiger partial charge in [-0.2, -0.15) is 0 Å². The van der Waals surface area contributed by atoms with Crippen molar-refractivity contribution in [3.63, 3.8) is 0 Å². The summed E-state index contributed by atoms with van der Waals surface area (Å²) in [6.45, 7) is 6.35. The Balaban J connectivity index is 2.82. The molecule has 0 atom stereocenters. The van der Waals surface area contributed by atoms with Crippen LogP contribution in [0.3, 0.4) is 0 Å². The molecule has 1 aromatic heterocycles. The van der Waals surface area contributed by atoms with Crippen LogP contribution >= 0.6 is 0 Å². The van der Waals surface area contributed by atoms with E-state index in [9.17, 15) is 0 Å². The fourth-order valence-corrected chi connectivity index (χ4v) is 1.59. The van der Waals surface area contributed by atoms with Crippen LogP contribution < -0.4 is 0 Å². The molecule has 0 saturated heterocycles. The van der Waals surface area contributed by atoms with Crippen LogP contribution in [0.1, 0.15) is 30.9 Å². The Labute approximate surface area is 83.2 Å². The van der Waals surface area contributed by atoms with Crippen molar-refractivity contribution in [2.75, 3.05) is 0 Å². The molecule has 2 rings (SSSR count). The van der Waals surface area contributed by atoms with Gasteiger partial charge in [0.25, 0.3) is 0 Å². The van der Waals surface area contributed by atoms with Crippen LogP contribution in [-0.4, -0.2) is 15.2 Å². The summed E-state index contributed by atoms with van der Waals surface area (Å²) in [6, 6.07) is 4.20. The maximum absolute atomic E-state index is 4.29. The molecule has 0 saturated carbocycles. The molecule has 3 nitrogen and oxygen atoms in total. The van der Waals surface area contributed by atoms with Crippen LogP contribution in [0, 0.1) is 6.92 Å². The fourth-order valence-electron chi connectivity index (χ4n) is 1.59. The number of aromatic nitrogens is 3. The lowest BCUT2D eigenvalue weighted by molar-refractivity contribution is 0.867. The van der Waals surface area contributed by atoms with Gasteiger partial charge in [0.1, 0.15) is 11.8 Å².